The quantitative estimate of drug-likeness (QED) is 0.911. The topological polar surface area (TPSA) is 72.5 Å². The average Bonchev–Trinajstić information content (AvgIpc) is 3.03. The Morgan fingerprint density at radius 3 is 2.86 bits per heavy atom. The number of nitrogens with two attached hydrogens (primary N) is 1. The average molecular weight is 287 g/mol. The first-order valence-corrected chi connectivity index (χ1v) is 7.95. The van der Waals surface area contributed by atoms with Crippen molar-refractivity contribution in [2.45, 2.75) is 65.0 Å². The molecule has 0 spiro atoms. The smallest absolute Gasteiger partial charge is 0.109 e. The van der Waals surface area contributed by atoms with Crippen LogP contribution in [0.1, 0.15) is 55.7 Å². The molecule has 2 aromatic rings. The maximum Gasteiger partial charge on any atom is 0.109 e. The number of nitrogens with zero attached hydrogens (tertiary/aromatic N) is 3. The maximum absolute atomic E-state index is 6.09. The molecule has 0 radical (unpaired) electrons. The van der Waals surface area contributed by atoms with Crippen molar-refractivity contribution in [1.29, 1.82) is 0 Å². The van der Waals surface area contributed by atoms with Gasteiger partial charge < -0.3 is 10.7 Å². The van der Waals surface area contributed by atoms with Gasteiger partial charge in [-0.3, -0.25) is 4.68 Å². The molecule has 1 aliphatic carbocycles. The van der Waals surface area contributed by atoms with E-state index in [2.05, 4.69) is 35.8 Å². The van der Waals surface area contributed by atoms with Crippen LogP contribution in [-0.2, 0) is 6.54 Å². The second-order valence-electron chi connectivity index (χ2n) is 6.17. The summed E-state index contributed by atoms with van der Waals surface area (Å²) >= 11 is 0. The summed E-state index contributed by atoms with van der Waals surface area (Å²) in [7, 11) is 0. The van der Waals surface area contributed by atoms with E-state index >= 15 is 0 Å². The first-order chi connectivity index (χ1) is 10.1. The van der Waals surface area contributed by atoms with Crippen LogP contribution in [0.3, 0.4) is 0 Å². The Morgan fingerprint density at radius 2 is 2.19 bits per heavy atom. The second-order valence-corrected chi connectivity index (χ2v) is 6.17. The number of imidazole rings is 1. The molecule has 114 valence electrons. The monoisotopic (exact) mass is 287 g/mol. The Hall–Kier alpha value is -1.62. The van der Waals surface area contributed by atoms with E-state index < -0.39 is 0 Å². The van der Waals surface area contributed by atoms with Crippen LogP contribution in [0.15, 0.2) is 6.20 Å². The fraction of sp³-hybridized carbons (Fsp3) is 0.625. The van der Waals surface area contributed by atoms with Gasteiger partial charge in [-0.05, 0) is 40.0 Å². The first-order valence-electron chi connectivity index (χ1n) is 7.95. The van der Waals surface area contributed by atoms with E-state index in [0.29, 0.717) is 12.0 Å². The highest BCUT2D eigenvalue weighted by atomic mass is 15.3. The lowest BCUT2D eigenvalue weighted by atomic mass is 9.86. The minimum Gasteiger partial charge on any atom is -0.342 e. The Balaban J connectivity index is 1.90. The fourth-order valence-corrected chi connectivity index (χ4v) is 3.54. The predicted molar refractivity (Wildman–Crippen MR) is 84.1 cm³/mol. The largest absolute Gasteiger partial charge is 0.342 e. The molecule has 2 atom stereocenters. The zero-order valence-corrected chi connectivity index (χ0v) is 13.2. The van der Waals surface area contributed by atoms with Crippen molar-refractivity contribution < 1.29 is 0 Å². The number of aryl methyl sites for hydroxylation is 2. The minimum atomic E-state index is 0.323. The molecule has 0 aliphatic heterocycles. The zero-order valence-electron chi connectivity index (χ0n) is 13.2. The Labute approximate surface area is 126 Å². The van der Waals surface area contributed by atoms with Gasteiger partial charge in [0.25, 0.3) is 0 Å². The molecule has 21 heavy (non-hydrogen) atoms. The Kier molecular flexibility index (Phi) is 3.85. The number of hydrogen-bond donors (Lipinski definition) is 2. The van der Waals surface area contributed by atoms with E-state index in [1.807, 2.05) is 10.9 Å². The van der Waals surface area contributed by atoms with E-state index in [9.17, 15) is 0 Å². The third-order valence-electron chi connectivity index (χ3n) is 4.65. The van der Waals surface area contributed by atoms with Gasteiger partial charge in [-0.1, -0.05) is 6.42 Å². The molecule has 0 saturated heterocycles. The second kappa shape index (κ2) is 5.64. The standard InChI is InChI=1S/C16H25N5/c1-4-21-11(3)15(10(2)20-21)14-9-18-16(19-14)12-6-5-7-13(17)8-12/h9,12-13H,4-8,17H2,1-3H3,(H,18,19). The normalized spacial score (nSPS) is 22.7. The fourth-order valence-electron chi connectivity index (χ4n) is 3.54. The van der Waals surface area contributed by atoms with Crippen molar-refractivity contribution in [3.63, 3.8) is 0 Å². The van der Waals surface area contributed by atoms with Crippen molar-refractivity contribution in [2.24, 2.45) is 5.73 Å². The third-order valence-corrected chi connectivity index (χ3v) is 4.65. The summed E-state index contributed by atoms with van der Waals surface area (Å²) in [6.45, 7) is 7.19. The molecule has 3 rings (SSSR count). The highest BCUT2D eigenvalue weighted by Gasteiger charge is 2.24. The van der Waals surface area contributed by atoms with Crippen LogP contribution < -0.4 is 5.73 Å². The lowest BCUT2D eigenvalue weighted by molar-refractivity contribution is 0.383. The van der Waals surface area contributed by atoms with Gasteiger partial charge in [0.15, 0.2) is 0 Å². The van der Waals surface area contributed by atoms with E-state index in [1.54, 1.807) is 0 Å². The van der Waals surface area contributed by atoms with Crippen molar-refractivity contribution in [2.75, 3.05) is 0 Å². The molecule has 1 saturated carbocycles. The van der Waals surface area contributed by atoms with E-state index in [4.69, 9.17) is 5.73 Å². The van der Waals surface area contributed by atoms with Crippen LogP contribution >= 0.6 is 0 Å². The van der Waals surface area contributed by atoms with Crippen LogP contribution in [0.2, 0.25) is 0 Å². The minimum absolute atomic E-state index is 0.323. The van der Waals surface area contributed by atoms with Crippen molar-refractivity contribution in [1.82, 2.24) is 19.7 Å². The highest BCUT2D eigenvalue weighted by Crippen LogP contribution is 2.32. The van der Waals surface area contributed by atoms with E-state index in [1.165, 1.54) is 24.1 Å². The molecule has 0 bridgehead atoms. The van der Waals surface area contributed by atoms with Crippen molar-refractivity contribution >= 4 is 0 Å². The number of aromatic nitrogens is 4. The summed E-state index contributed by atoms with van der Waals surface area (Å²) in [5.74, 6) is 1.56. The molecule has 1 fully saturated rings. The molecule has 0 amide bonds. The summed E-state index contributed by atoms with van der Waals surface area (Å²) in [5, 5.41) is 4.59. The summed E-state index contributed by atoms with van der Waals surface area (Å²) in [5.41, 5.74) is 10.6. The summed E-state index contributed by atoms with van der Waals surface area (Å²) < 4.78 is 2.04. The molecule has 2 heterocycles. The van der Waals surface area contributed by atoms with Crippen LogP contribution in [0.25, 0.3) is 11.3 Å². The number of H-pyrrole nitrogens is 1. The Morgan fingerprint density at radius 1 is 1.38 bits per heavy atom. The van der Waals surface area contributed by atoms with Crippen LogP contribution in [0.5, 0.6) is 0 Å². The lowest BCUT2D eigenvalue weighted by Gasteiger charge is -2.24. The molecule has 1 aliphatic rings. The van der Waals surface area contributed by atoms with Crippen molar-refractivity contribution in [3.05, 3.63) is 23.4 Å². The first kappa shape index (κ1) is 14.3. The molecule has 5 heteroatoms. The molecule has 2 unspecified atom stereocenters. The third kappa shape index (κ3) is 2.62. The molecular weight excluding hydrogens is 262 g/mol. The van der Waals surface area contributed by atoms with Gasteiger partial charge in [0.1, 0.15) is 5.82 Å². The predicted octanol–water partition coefficient (Wildman–Crippen LogP) is 2.89. The molecule has 2 aromatic heterocycles. The number of nitrogens with one attached hydrogen (secondary N) is 1. The van der Waals surface area contributed by atoms with Gasteiger partial charge in [-0.15, -0.1) is 0 Å². The number of rotatable bonds is 3. The van der Waals surface area contributed by atoms with E-state index in [0.717, 1.165) is 36.6 Å². The highest BCUT2D eigenvalue weighted by molar-refractivity contribution is 5.64. The van der Waals surface area contributed by atoms with Gasteiger partial charge in [0.05, 0.1) is 17.6 Å². The van der Waals surface area contributed by atoms with Crippen molar-refractivity contribution in [3.8, 4) is 11.3 Å². The SMILES string of the molecule is CCn1nc(C)c(-c2cnc(C3CCCC(N)C3)[nH]2)c1C. The van der Waals surface area contributed by atoms with Crippen LogP contribution in [0, 0.1) is 13.8 Å². The maximum atomic E-state index is 6.09. The Bertz CT molecular complexity index is 625. The lowest BCUT2D eigenvalue weighted by Crippen LogP contribution is -2.27. The summed E-state index contributed by atoms with van der Waals surface area (Å²) in [6, 6.07) is 0.323. The zero-order chi connectivity index (χ0) is 15.0. The van der Waals surface area contributed by atoms with Gasteiger partial charge in [0.2, 0.25) is 0 Å². The van der Waals surface area contributed by atoms with Crippen LogP contribution in [0.4, 0.5) is 0 Å². The molecule has 3 N–H and O–H groups in total. The summed E-state index contributed by atoms with van der Waals surface area (Å²) in [6.07, 6.45) is 6.53. The number of hydrogen-bond acceptors (Lipinski definition) is 3. The van der Waals surface area contributed by atoms with Gasteiger partial charge in [-0.2, -0.15) is 5.10 Å². The van der Waals surface area contributed by atoms with Gasteiger partial charge in [-0.25, -0.2) is 4.98 Å². The summed E-state index contributed by atoms with van der Waals surface area (Å²) in [4.78, 5) is 8.14. The van der Waals surface area contributed by atoms with Gasteiger partial charge in [0, 0.05) is 29.8 Å². The molecule has 5 nitrogen and oxygen atoms in total. The molecule has 0 aromatic carbocycles. The van der Waals surface area contributed by atoms with Crippen LogP contribution in [-0.4, -0.2) is 25.8 Å². The van der Waals surface area contributed by atoms with E-state index in [-0.39, 0.29) is 0 Å². The molecular formula is C16H25N5. The van der Waals surface area contributed by atoms with Gasteiger partial charge >= 0.3 is 0 Å². The number of aromatic amines is 1.